The standard InChI is InChI=1S/C26H37N3O4S/c1-19(2)29-23(15-27-26(29)34(31,32)18-22-12-5-4-9-20(22)3)16-28(17-24-13-8-14-33-24)25(30)21-10-6-7-11-21/h4-5,9,12,15,19,21,24H,6-8,10-11,13-14,16-18H2,1-3H3/t24-/m1/s1. The van der Waals surface area contributed by atoms with Crippen LogP contribution in [0.15, 0.2) is 35.6 Å². The van der Waals surface area contributed by atoms with Crippen LogP contribution in [0.5, 0.6) is 0 Å². The minimum atomic E-state index is -3.66. The molecule has 2 aromatic rings. The van der Waals surface area contributed by atoms with Crippen LogP contribution in [0.1, 0.15) is 75.2 Å². The molecule has 34 heavy (non-hydrogen) atoms. The first kappa shape index (κ1) is 24.9. The topological polar surface area (TPSA) is 81.5 Å². The second-order valence-corrected chi connectivity index (χ2v) is 11.9. The molecule has 4 rings (SSSR count). The van der Waals surface area contributed by atoms with Crippen LogP contribution in [0.2, 0.25) is 0 Å². The average molecular weight is 488 g/mol. The third kappa shape index (κ3) is 5.54. The Morgan fingerprint density at radius 1 is 1.18 bits per heavy atom. The van der Waals surface area contributed by atoms with E-state index < -0.39 is 9.84 Å². The molecule has 1 aromatic heterocycles. The molecule has 0 N–H and O–H groups in total. The highest BCUT2D eigenvalue weighted by atomic mass is 32.2. The van der Waals surface area contributed by atoms with Crippen LogP contribution in [-0.2, 0) is 31.7 Å². The second kappa shape index (κ2) is 10.6. The van der Waals surface area contributed by atoms with Crippen LogP contribution >= 0.6 is 0 Å². The number of rotatable bonds is 9. The maximum Gasteiger partial charge on any atom is 0.228 e. The molecule has 1 saturated carbocycles. The van der Waals surface area contributed by atoms with E-state index in [9.17, 15) is 13.2 Å². The van der Waals surface area contributed by atoms with Crippen molar-refractivity contribution in [3.8, 4) is 0 Å². The van der Waals surface area contributed by atoms with E-state index in [1.165, 1.54) is 0 Å². The SMILES string of the molecule is Cc1ccccc1CS(=O)(=O)c1ncc(CN(C[C@H]2CCCO2)C(=O)C2CCCC2)n1C(C)C. The summed E-state index contributed by atoms with van der Waals surface area (Å²) in [6.07, 6.45) is 7.70. The van der Waals surface area contributed by atoms with Gasteiger partial charge in [0.15, 0.2) is 0 Å². The first-order chi connectivity index (χ1) is 16.3. The molecule has 0 radical (unpaired) electrons. The van der Waals surface area contributed by atoms with Gasteiger partial charge in [-0.3, -0.25) is 4.79 Å². The van der Waals surface area contributed by atoms with Crippen LogP contribution in [-0.4, -0.2) is 48.0 Å². The maximum absolute atomic E-state index is 13.4. The summed E-state index contributed by atoms with van der Waals surface area (Å²) >= 11 is 0. The third-order valence-corrected chi connectivity index (χ3v) is 8.61. The molecule has 1 saturated heterocycles. The van der Waals surface area contributed by atoms with E-state index in [-0.39, 0.29) is 34.9 Å². The first-order valence-electron chi connectivity index (χ1n) is 12.5. The van der Waals surface area contributed by atoms with E-state index in [0.717, 1.165) is 62.0 Å². The van der Waals surface area contributed by atoms with Crippen molar-refractivity contribution in [3.63, 3.8) is 0 Å². The monoisotopic (exact) mass is 487 g/mol. The Balaban J connectivity index is 1.62. The number of carbonyl (C=O) groups is 1. The van der Waals surface area contributed by atoms with Crippen molar-refractivity contribution in [2.24, 2.45) is 5.92 Å². The van der Waals surface area contributed by atoms with Gasteiger partial charge in [-0.15, -0.1) is 0 Å². The van der Waals surface area contributed by atoms with E-state index in [1.807, 2.05) is 49.9 Å². The summed E-state index contributed by atoms with van der Waals surface area (Å²) in [6, 6.07) is 7.42. The van der Waals surface area contributed by atoms with Gasteiger partial charge in [0.2, 0.25) is 20.9 Å². The van der Waals surface area contributed by atoms with Crippen molar-refractivity contribution in [3.05, 3.63) is 47.3 Å². The lowest BCUT2D eigenvalue weighted by Gasteiger charge is -2.29. The number of carbonyl (C=O) groups excluding carboxylic acids is 1. The molecule has 2 fully saturated rings. The van der Waals surface area contributed by atoms with E-state index in [0.29, 0.717) is 13.1 Å². The van der Waals surface area contributed by atoms with E-state index >= 15 is 0 Å². The van der Waals surface area contributed by atoms with Crippen LogP contribution in [0, 0.1) is 12.8 Å². The zero-order chi connectivity index (χ0) is 24.3. The summed E-state index contributed by atoms with van der Waals surface area (Å²) in [5.41, 5.74) is 2.47. The van der Waals surface area contributed by atoms with E-state index in [2.05, 4.69) is 4.98 Å². The Morgan fingerprint density at radius 3 is 2.56 bits per heavy atom. The van der Waals surface area contributed by atoms with Crippen LogP contribution < -0.4 is 0 Å². The number of sulfone groups is 1. The molecular weight excluding hydrogens is 450 g/mol. The number of amides is 1. The first-order valence-corrected chi connectivity index (χ1v) is 14.1. The number of hydrogen-bond acceptors (Lipinski definition) is 5. The predicted octanol–water partition coefficient (Wildman–Crippen LogP) is 4.44. The lowest BCUT2D eigenvalue weighted by molar-refractivity contribution is -0.137. The summed E-state index contributed by atoms with van der Waals surface area (Å²) in [6.45, 7) is 7.47. The molecule has 8 heteroatoms. The summed E-state index contributed by atoms with van der Waals surface area (Å²) in [4.78, 5) is 19.7. The van der Waals surface area contributed by atoms with Gasteiger partial charge in [-0.25, -0.2) is 13.4 Å². The van der Waals surface area contributed by atoms with Gasteiger partial charge in [0.25, 0.3) is 0 Å². The van der Waals surface area contributed by atoms with Gasteiger partial charge in [0.05, 0.1) is 30.3 Å². The molecular formula is C26H37N3O4S. The molecule has 1 amide bonds. The number of imidazole rings is 1. The lowest BCUT2D eigenvalue weighted by Crippen LogP contribution is -2.40. The number of aromatic nitrogens is 2. The lowest BCUT2D eigenvalue weighted by atomic mass is 10.1. The highest BCUT2D eigenvalue weighted by molar-refractivity contribution is 7.90. The van der Waals surface area contributed by atoms with Crippen LogP contribution in [0.4, 0.5) is 0 Å². The number of benzene rings is 1. The second-order valence-electron chi connectivity index (χ2n) is 10.0. The summed E-state index contributed by atoms with van der Waals surface area (Å²) in [7, 11) is -3.66. The summed E-state index contributed by atoms with van der Waals surface area (Å²) in [5.74, 6) is 0.124. The van der Waals surface area contributed by atoms with E-state index in [4.69, 9.17) is 4.74 Å². The maximum atomic E-state index is 13.4. The molecule has 2 aliphatic rings. The fourth-order valence-corrected chi connectivity index (χ4v) is 6.91. The minimum Gasteiger partial charge on any atom is -0.376 e. The number of aryl methyl sites for hydroxylation is 1. The Kier molecular flexibility index (Phi) is 7.77. The van der Waals surface area contributed by atoms with Crippen molar-refractivity contribution in [1.29, 1.82) is 0 Å². The van der Waals surface area contributed by atoms with E-state index in [1.54, 1.807) is 10.8 Å². The normalized spacial score (nSPS) is 19.2. The van der Waals surface area contributed by atoms with Crippen molar-refractivity contribution >= 4 is 15.7 Å². The Labute approximate surface area is 203 Å². The van der Waals surface area contributed by atoms with Gasteiger partial charge in [0, 0.05) is 25.1 Å². The average Bonchev–Trinajstić information content (AvgIpc) is 3.56. The van der Waals surface area contributed by atoms with Crippen molar-refractivity contribution in [1.82, 2.24) is 14.5 Å². The molecule has 186 valence electrons. The number of hydrogen-bond donors (Lipinski definition) is 0. The van der Waals surface area contributed by atoms with Crippen molar-refractivity contribution in [2.45, 2.75) is 88.9 Å². The third-order valence-electron chi connectivity index (χ3n) is 7.06. The minimum absolute atomic E-state index is 0.0463. The molecule has 1 aromatic carbocycles. The van der Waals surface area contributed by atoms with Crippen LogP contribution in [0.25, 0.3) is 0 Å². The van der Waals surface area contributed by atoms with Crippen molar-refractivity contribution < 1.29 is 17.9 Å². The van der Waals surface area contributed by atoms with Crippen LogP contribution in [0.3, 0.4) is 0 Å². The quantitative estimate of drug-likeness (QED) is 0.522. The smallest absolute Gasteiger partial charge is 0.228 e. The van der Waals surface area contributed by atoms with Gasteiger partial charge in [-0.05, 0) is 57.6 Å². The number of nitrogens with zero attached hydrogens (tertiary/aromatic N) is 3. The Hall–Kier alpha value is -2.19. The van der Waals surface area contributed by atoms with Gasteiger partial charge in [-0.2, -0.15) is 0 Å². The van der Waals surface area contributed by atoms with Gasteiger partial charge >= 0.3 is 0 Å². The fraction of sp³-hybridized carbons (Fsp3) is 0.615. The zero-order valence-corrected chi connectivity index (χ0v) is 21.4. The number of ether oxygens (including phenoxy) is 1. The molecule has 0 spiro atoms. The van der Waals surface area contributed by atoms with Crippen molar-refractivity contribution in [2.75, 3.05) is 13.2 Å². The molecule has 0 unspecified atom stereocenters. The van der Waals surface area contributed by atoms with Gasteiger partial charge in [-0.1, -0.05) is 37.1 Å². The Bertz CT molecular complexity index is 1100. The zero-order valence-electron chi connectivity index (χ0n) is 20.6. The van der Waals surface area contributed by atoms with Gasteiger partial charge < -0.3 is 14.2 Å². The predicted molar refractivity (Wildman–Crippen MR) is 131 cm³/mol. The largest absolute Gasteiger partial charge is 0.376 e. The summed E-state index contributed by atoms with van der Waals surface area (Å²) < 4.78 is 34.5. The molecule has 2 heterocycles. The molecule has 1 atom stereocenters. The molecule has 1 aliphatic carbocycles. The molecule has 7 nitrogen and oxygen atoms in total. The molecule has 0 bridgehead atoms. The fourth-order valence-electron chi connectivity index (χ4n) is 5.21. The molecule has 1 aliphatic heterocycles. The summed E-state index contributed by atoms with van der Waals surface area (Å²) in [5, 5.41) is 0.0751. The van der Waals surface area contributed by atoms with Gasteiger partial charge in [0.1, 0.15) is 0 Å². The Morgan fingerprint density at radius 2 is 1.91 bits per heavy atom. The highest BCUT2D eigenvalue weighted by Crippen LogP contribution is 2.29. The highest BCUT2D eigenvalue weighted by Gasteiger charge is 2.32.